The molecule has 0 aliphatic carbocycles. The molecule has 0 aliphatic rings. The fraction of sp³-hybridized carbons (Fsp3) is 0.333. The lowest BCUT2D eigenvalue weighted by atomic mass is 10.1. The number of hydrogen-bond donors (Lipinski definition) is 3. The maximum atomic E-state index is 10.6. The number of H-pyrrole nitrogens is 1. The van der Waals surface area contributed by atoms with Crippen LogP contribution in [0.5, 0.6) is 0 Å². The first kappa shape index (κ1) is 14.3. The number of benzene rings is 1. The zero-order valence-corrected chi connectivity index (χ0v) is 11.4. The van der Waals surface area contributed by atoms with Crippen molar-refractivity contribution in [1.82, 2.24) is 15.5 Å². The van der Waals surface area contributed by atoms with Crippen LogP contribution >= 0.6 is 0 Å². The Hall–Kier alpha value is -2.14. The Kier molecular flexibility index (Phi) is 5.32. The molecule has 4 N–H and O–H groups in total. The van der Waals surface area contributed by atoms with Crippen molar-refractivity contribution in [3.63, 3.8) is 0 Å². The van der Waals surface area contributed by atoms with E-state index < -0.39 is 0 Å². The standard InChI is InChI=1S/C15H20N4O/c16-14(20)8-4-5-9-17-10-13-11-18-19-15(13)12-6-2-1-3-7-12/h1-3,6-7,11,17H,4-5,8-10H2,(H2,16,20)(H,18,19). The second-order valence-electron chi connectivity index (χ2n) is 4.74. The highest BCUT2D eigenvalue weighted by Crippen LogP contribution is 2.20. The average Bonchev–Trinajstić information content (AvgIpc) is 2.92. The van der Waals surface area contributed by atoms with E-state index in [0.717, 1.165) is 42.8 Å². The van der Waals surface area contributed by atoms with Gasteiger partial charge in [0.1, 0.15) is 0 Å². The van der Waals surface area contributed by atoms with Crippen LogP contribution < -0.4 is 11.1 Å². The molecule has 1 amide bonds. The molecule has 0 spiro atoms. The number of carbonyl (C=O) groups is 1. The average molecular weight is 272 g/mol. The van der Waals surface area contributed by atoms with Gasteiger partial charge < -0.3 is 11.1 Å². The number of carbonyl (C=O) groups excluding carboxylic acids is 1. The molecule has 1 heterocycles. The van der Waals surface area contributed by atoms with Crippen LogP contribution in [0.2, 0.25) is 0 Å². The molecule has 0 aliphatic heterocycles. The van der Waals surface area contributed by atoms with Crippen molar-refractivity contribution in [3.8, 4) is 11.3 Å². The van der Waals surface area contributed by atoms with Gasteiger partial charge in [-0.15, -0.1) is 0 Å². The lowest BCUT2D eigenvalue weighted by Crippen LogP contribution is -2.16. The molecule has 0 bridgehead atoms. The minimum atomic E-state index is -0.230. The van der Waals surface area contributed by atoms with Crippen LogP contribution in [0.1, 0.15) is 24.8 Å². The Morgan fingerprint density at radius 2 is 2.05 bits per heavy atom. The monoisotopic (exact) mass is 272 g/mol. The smallest absolute Gasteiger partial charge is 0.217 e. The van der Waals surface area contributed by atoms with Gasteiger partial charge in [0.05, 0.1) is 11.9 Å². The van der Waals surface area contributed by atoms with Gasteiger partial charge in [0, 0.05) is 18.5 Å². The highest BCUT2D eigenvalue weighted by molar-refractivity contribution is 5.73. The normalized spacial score (nSPS) is 10.6. The van der Waals surface area contributed by atoms with E-state index in [2.05, 4.69) is 27.6 Å². The summed E-state index contributed by atoms with van der Waals surface area (Å²) in [6, 6.07) is 10.1. The second-order valence-corrected chi connectivity index (χ2v) is 4.74. The third-order valence-electron chi connectivity index (χ3n) is 3.12. The van der Waals surface area contributed by atoms with Gasteiger partial charge in [-0.05, 0) is 24.9 Å². The summed E-state index contributed by atoms with van der Waals surface area (Å²) >= 11 is 0. The van der Waals surface area contributed by atoms with Crippen LogP contribution in [-0.2, 0) is 11.3 Å². The molecule has 20 heavy (non-hydrogen) atoms. The number of unbranched alkanes of at least 4 members (excludes halogenated alkanes) is 1. The lowest BCUT2D eigenvalue weighted by Gasteiger charge is -2.05. The fourth-order valence-electron chi connectivity index (χ4n) is 2.07. The lowest BCUT2D eigenvalue weighted by molar-refractivity contribution is -0.118. The minimum absolute atomic E-state index is 0.230. The van der Waals surface area contributed by atoms with Crippen LogP contribution in [-0.4, -0.2) is 22.6 Å². The summed E-state index contributed by atoms with van der Waals surface area (Å²) in [5.41, 5.74) is 8.43. The quantitative estimate of drug-likeness (QED) is 0.641. The summed E-state index contributed by atoms with van der Waals surface area (Å²) in [5.74, 6) is -0.230. The third kappa shape index (κ3) is 4.20. The molecule has 1 aromatic heterocycles. The molecule has 2 aromatic rings. The summed E-state index contributed by atoms with van der Waals surface area (Å²) in [4.78, 5) is 10.6. The molecule has 0 saturated carbocycles. The molecule has 0 radical (unpaired) electrons. The Labute approximate surface area is 118 Å². The number of aromatic amines is 1. The van der Waals surface area contributed by atoms with Crippen molar-refractivity contribution in [2.24, 2.45) is 5.73 Å². The maximum Gasteiger partial charge on any atom is 0.217 e. The molecule has 106 valence electrons. The number of amides is 1. The van der Waals surface area contributed by atoms with Gasteiger partial charge in [-0.25, -0.2) is 0 Å². The zero-order valence-electron chi connectivity index (χ0n) is 11.4. The van der Waals surface area contributed by atoms with E-state index in [1.165, 1.54) is 0 Å². The third-order valence-corrected chi connectivity index (χ3v) is 3.12. The van der Waals surface area contributed by atoms with Gasteiger partial charge >= 0.3 is 0 Å². The van der Waals surface area contributed by atoms with E-state index >= 15 is 0 Å². The van der Waals surface area contributed by atoms with Crippen molar-refractivity contribution in [3.05, 3.63) is 42.1 Å². The molecule has 5 nitrogen and oxygen atoms in total. The molecule has 1 aromatic carbocycles. The van der Waals surface area contributed by atoms with Crippen molar-refractivity contribution < 1.29 is 4.79 Å². The van der Waals surface area contributed by atoms with Gasteiger partial charge in [-0.2, -0.15) is 5.10 Å². The number of rotatable bonds is 8. The zero-order chi connectivity index (χ0) is 14.2. The molecular weight excluding hydrogens is 252 g/mol. The number of nitrogens with zero attached hydrogens (tertiary/aromatic N) is 1. The minimum Gasteiger partial charge on any atom is -0.370 e. The van der Waals surface area contributed by atoms with Crippen LogP contribution in [0.3, 0.4) is 0 Å². The number of nitrogens with one attached hydrogen (secondary N) is 2. The molecule has 2 rings (SSSR count). The summed E-state index contributed by atoms with van der Waals surface area (Å²) < 4.78 is 0. The molecular formula is C15H20N4O. The molecule has 0 unspecified atom stereocenters. The summed E-state index contributed by atoms with van der Waals surface area (Å²) in [5, 5.41) is 10.5. The highest BCUT2D eigenvalue weighted by atomic mass is 16.1. The van der Waals surface area contributed by atoms with Crippen LogP contribution in [0, 0.1) is 0 Å². The molecule has 0 atom stereocenters. The molecule has 0 saturated heterocycles. The van der Waals surface area contributed by atoms with E-state index in [0.29, 0.717) is 6.42 Å². The molecule has 5 heteroatoms. The van der Waals surface area contributed by atoms with Crippen molar-refractivity contribution >= 4 is 5.91 Å². The Morgan fingerprint density at radius 1 is 1.25 bits per heavy atom. The largest absolute Gasteiger partial charge is 0.370 e. The van der Waals surface area contributed by atoms with E-state index in [-0.39, 0.29) is 5.91 Å². The van der Waals surface area contributed by atoms with Crippen molar-refractivity contribution in [2.45, 2.75) is 25.8 Å². The number of aromatic nitrogens is 2. The van der Waals surface area contributed by atoms with E-state index in [9.17, 15) is 4.79 Å². The van der Waals surface area contributed by atoms with Crippen LogP contribution in [0.15, 0.2) is 36.5 Å². The number of primary amides is 1. The van der Waals surface area contributed by atoms with Gasteiger partial charge in [-0.1, -0.05) is 30.3 Å². The maximum absolute atomic E-state index is 10.6. The van der Waals surface area contributed by atoms with Crippen LogP contribution in [0.25, 0.3) is 11.3 Å². The number of hydrogen-bond acceptors (Lipinski definition) is 3. The first-order valence-electron chi connectivity index (χ1n) is 6.84. The van der Waals surface area contributed by atoms with Crippen molar-refractivity contribution in [2.75, 3.05) is 6.54 Å². The number of nitrogens with two attached hydrogens (primary N) is 1. The predicted molar refractivity (Wildman–Crippen MR) is 78.8 cm³/mol. The van der Waals surface area contributed by atoms with Crippen molar-refractivity contribution in [1.29, 1.82) is 0 Å². The Morgan fingerprint density at radius 3 is 2.80 bits per heavy atom. The fourth-order valence-corrected chi connectivity index (χ4v) is 2.07. The Balaban J connectivity index is 1.80. The van der Waals surface area contributed by atoms with E-state index in [1.54, 1.807) is 0 Å². The predicted octanol–water partition coefficient (Wildman–Crippen LogP) is 1.82. The molecule has 0 fully saturated rings. The first-order chi connectivity index (χ1) is 9.77. The summed E-state index contributed by atoms with van der Waals surface area (Å²) in [6.45, 7) is 1.63. The second kappa shape index (κ2) is 7.45. The van der Waals surface area contributed by atoms with Gasteiger partial charge in [-0.3, -0.25) is 9.89 Å². The Bertz CT molecular complexity index is 536. The van der Waals surface area contributed by atoms with Gasteiger partial charge in [0.15, 0.2) is 0 Å². The summed E-state index contributed by atoms with van der Waals surface area (Å²) in [6.07, 6.45) is 4.09. The highest BCUT2D eigenvalue weighted by Gasteiger charge is 2.06. The SMILES string of the molecule is NC(=O)CCCCNCc1cn[nH]c1-c1ccccc1. The van der Waals surface area contributed by atoms with Crippen LogP contribution in [0.4, 0.5) is 0 Å². The van der Waals surface area contributed by atoms with Gasteiger partial charge in [0.2, 0.25) is 5.91 Å². The van der Waals surface area contributed by atoms with E-state index in [1.807, 2.05) is 24.4 Å². The summed E-state index contributed by atoms with van der Waals surface area (Å²) in [7, 11) is 0. The topological polar surface area (TPSA) is 83.8 Å². The van der Waals surface area contributed by atoms with E-state index in [4.69, 9.17) is 5.73 Å². The first-order valence-corrected chi connectivity index (χ1v) is 6.84. The van der Waals surface area contributed by atoms with Gasteiger partial charge in [0.25, 0.3) is 0 Å².